The van der Waals surface area contributed by atoms with E-state index in [0.29, 0.717) is 36.1 Å². The van der Waals surface area contributed by atoms with Gasteiger partial charge in [0.2, 0.25) is 0 Å². The molecule has 0 amide bonds. The smallest absolute Gasteiger partial charge is 0.158 e. The Bertz CT molecular complexity index is 1090. The maximum atomic E-state index is 8.83. The van der Waals surface area contributed by atoms with E-state index in [-0.39, 0.29) is 18.1 Å². The largest absolute Gasteiger partial charge is 0.496 e. The van der Waals surface area contributed by atoms with Crippen molar-refractivity contribution in [1.82, 2.24) is 25.1 Å². The van der Waals surface area contributed by atoms with E-state index in [9.17, 15) is 0 Å². The maximum Gasteiger partial charge on any atom is 0.158 e. The van der Waals surface area contributed by atoms with Gasteiger partial charge < -0.3 is 14.8 Å². The quantitative estimate of drug-likeness (QED) is 0.505. The number of halogens is 1. The molecule has 0 bridgehead atoms. The molecule has 4 rings (SSSR count). The van der Waals surface area contributed by atoms with Crippen LogP contribution >= 0.6 is 12.4 Å². The van der Waals surface area contributed by atoms with Crippen molar-refractivity contribution in [2.45, 2.75) is 38.8 Å². The van der Waals surface area contributed by atoms with Crippen LogP contribution < -0.4 is 14.8 Å². The highest BCUT2D eigenvalue weighted by atomic mass is 35.5. The predicted molar refractivity (Wildman–Crippen MR) is 128 cm³/mol. The number of benzene rings is 1. The molecular formula is C23H28ClN7O2. The van der Waals surface area contributed by atoms with Gasteiger partial charge in [-0.15, -0.1) is 12.4 Å². The fourth-order valence-electron chi connectivity index (χ4n) is 4.00. The molecular weight excluding hydrogens is 442 g/mol. The third-order valence-electron chi connectivity index (χ3n) is 5.59. The van der Waals surface area contributed by atoms with Gasteiger partial charge in [0.05, 0.1) is 25.2 Å². The molecule has 1 aliphatic rings. The molecule has 0 unspecified atom stereocenters. The fourth-order valence-corrected chi connectivity index (χ4v) is 4.00. The van der Waals surface area contributed by atoms with E-state index < -0.39 is 0 Å². The van der Waals surface area contributed by atoms with Crippen molar-refractivity contribution in [1.29, 1.82) is 5.26 Å². The summed E-state index contributed by atoms with van der Waals surface area (Å²) in [4.78, 5) is 10.6. The lowest BCUT2D eigenvalue weighted by atomic mass is 10.1. The van der Waals surface area contributed by atoms with Crippen LogP contribution in [0.15, 0.2) is 36.7 Å². The number of hydrogen-bond donors (Lipinski definition) is 2. The molecule has 174 valence electrons. The summed E-state index contributed by atoms with van der Waals surface area (Å²) in [6.07, 6.45) is 5.29. The monoisotopic (exact) mass is 469 g/mol. The van der Waals surface area contributed by atoms with Crippen molar-refractivity contribution in [2.24, 2.45) is 0 Å². The summed E-state index contributed by atoms with van der Waals surface area (Å²) in [5, 5.41) is 19.2. The first-order chi connectivity index (χ1) is 15.6. The van der Waals surface area contributed by atoms with Crippen LogP contribution in [0.5, 0.6) is 11.5 Å². The van der Waals surface area contributed by atoms with E-state index >= 15 is 0 Å². The summed E-state index contributed by atoms with van der Waals surface area (Å²) >= 11 is 0. The molecule has 9 nitrogen and oxygen atoms in total. The molecule has 3 heterocycles. The number of rotatable bonds is 8. The van der Waals surface area contributed by atoms with Gasteiger partial charge in [-0.25, -0.2) is 9.97 Å². The minimum absolute atomic E-state index is 0. The molecule has 0 aliphatic carbocycles. The summed E-state index contributed by atoms with van der Waals surface area (Å²) < 4.78 is 11.7. The molecule has 1 aromatic carbocycles. The van der Waals surface area contributed by atoms with Crippen molar-refractivity contribution in [3.05, 3.63) is 42.4 Å². The number of aromatic amines is 1. The van der Waals surface area contributed by atoms with Crippen LogP contribution in [0.25, 0.3) is 11.3 Å². The number of aromatic nitrogens is 4. The van der Waals surface area contributed by atoms with E-state index in [1.54, 1.807) is 7.11 Å². The third kappa shape index (κ3) is 5.72. The van der Waals surface area contributed by atoms with E-state index in [2.05, 4.69) is 44.2 Å². The van der Waals surface area contributed by atoms with Crippen LogP contribution in [-0.4, -0.2) is 57.4 Å². The Morgan fingerprint density at radius 2 is 2.09 bits per heavy atom. The van der Waals surface area contributed by atoms with E-state index in [1.807, 2.05) is 30.3 Å². The molecule has 3 aromatic rings. The Balaban J connectivity index is 0.00000306. The molecule has 10 heteroatoms. The van der Waals surface area contributed by atoms with Crippen LogP contribution in [0.2, 0.25) is 0 Å². The van der Waals surface area contributed by atoms with E-state index in [4.69, 9.17) is 14.7 Å². The Hall–Kier alpha value is -3.35. The summed E-state index contributed by atoms with van der Waals surface area (Å²) in [5.74, 6) is 2.56. The average Bonchev–Trinajstić information content (AvgIpc) is 3.47. The van der Waals surface area contributed by atoms with Crippen LogP contribution in [0, 0.1) is 11.3 Å². The fraction of sp³-hybridized carbons (Fsp3) is 0.391. The summed E-state index contributed by atoms with van der Waals surface area (Å²) in [6.45, 7) is 6.28. The van der Waals surface area contributed by atoms with Crippen LogP contribution in [0.1, 0.15) is 32.4 Å². The minimum atomic E-state index is 0. The van der Waals surface area contributed by atoms with E-state index in [0.717, 1.165) is 23.6 Å². The molecule has 2 aromatic heterocycles. The second kappa shape index (κ2) is 11.0. The molecule has 0 saturated carbocycles. The number of nitrogens with one attached hydrogen (secondary N) is 2. The summed E-state index contributed by atoms with van der Waals surface area (Å²) in [5.41, 5.74) is 1.92. The molecule has 1 saturated heterocycles. The normalized spacial score (nSPS) is 15.7. The predicted octanol–water partition coefficient (Wildman–Crippen LogP) is 4.16. The number of ether oxygens (including phenoxy) is 2. The molecule has 2 N–H and O–H groups in total. The molecule has 0 spiro atoms. The zero-order valence-corrected chi connectivity index (χ0v) is 19.7. The number of hydrogen-bond acceptors (Lipinski definition) is 8. The second-order valence-corrected chi connectivity index (χ2v) is 7.99. The maximum absolute atomic E-state index is 8.83. The number of anilines is 2. The number of H-pyrrole nitrogens is 1. The minimum Gasteiger partial charge on any atom is -0.496 e. The Morgan fingerprint density at radius 1 is 1.24 bits per heavy atom. The highest BCUT2D eigenvalue weighted by Gasteiger charge is 2.27. The van der Waals surface area contributed by atoms with Crippen molar-refractivity contribution in [2.75, 3.05) is 25.6 Å². The lowest BCUT2D eigenvalue weighted by Crippen LogP contribution is -2.39. The van der Waals surface area contributed by atoms with E-state index in [1.165, 1.54) is 25.2 Å². The van der Waals surface area contributed by atoms with Gasteiger partial charge >= 0.3 is 0 Å². The average molecular weight is 470 g/mol. The second-order valence-electron chi connectivity index (χ2n) is 7.99. The molecule has 33 heavy (non-hydrogen) atoms. The first kappa shape index (κ1) is 24.3. The Kier molecular flexibility index (Phi) is 8.09. The standard InChI is InChI=1S/C23H27N7O2.ClH/c1-15(2)30-8-4-5-17(30)14-32-18-6-7-19(21(9-18)31-3)20-10-22(29-28-20)27-23-13-25-16(11-24)12-26-23;/h6-7,9-10,12-13,15,17H,4-5,8,14H2,1-3H3,(H2,26,27,28,29);1H/t17-;/m1./s1. The van der Waals surface area contributed by atoms with Crippen molar-refractivity contribution in [3.8, 4) is 28.8 Å². The van der Waals surface area contributed by atoms with Gasteiger partial charge in [0.1, 0.15) is 30.0 Å². The first-order valence-electron chi connectivity index (χ1n) is 10.7. The number of nitrogens with zero attached hydrogens (tertiary/aromatic N) is 5. The van der Waals surface area contributed by atoms with Crippen molar-refractivity contribution in [3.63, 3.8) is 0 Å². The SMILES string of the molecule is COc1cc(OC[C@H]2CCCN2C(C)C)ccc1-c1cc(Nc2cnc(C#N)cn2)n[nH]1.Cl. The Labute approximate surface area is 199 Å². The molecule has 0 radical (unpaired) electrons. The first-order valence-corrected chi connectivity index (χ1v) is 10.7. The summed E-state index contributed by atoms with van der Waals surface area (Å²) in [6, 6.07) is 10.6. The molecule has 1 fully saturated rings. The van der Waals surface area contributed by atoms with Gasteiger partial charge in [-0.3, -0.25) is 10.00 Å². The lowest BCUT2D eigenvalue weighted by molar-refractivity contribution is 0.144. The van der Waals surface area contributed by atoms with Crippen LogP contribution in [-0.2, 0) is 0 Å². The van der Waals surface area contributed by atoms with Gasteiger partial charge in [-0.2, -0.15) is 10.4 Å². The van der Waals surface area contributed by atoms with Crippen molar-refractivity contribution >= 4 is 24.0 Å². The highest BCUT2D eigenvalue weighted by molar-refractivity contribution is 5.85. The van der Waals surface area contributed by atoms with Crippen molar-refractivity contribution < 1.29 is 9.47 Å². The van der Waals surface area contributed by atoms with Crippen LogP contribution in [0.3, 0.4) is 0 Å². The lowest BCUT2D eigenvalue weighted by Gasteiger charge is -2.28. The molecule has 1 aliphatic heterocycles. The number of methoxy groups -OCH3 is 1. The zero-order chi connectivity index (χ0) is 22.5. The zero-order valence-electron chi connectivity index (χ0n) is 18.9. The number of nitriles is 1. The Morgan fingerprint density at radius 3 is 2.79 bits per heavy atom. The van der Waals surface area contributed by atoms with Gasteiger partial charge in [0.15, 0.2) is 11.5 Å². The topological polar surface area (TPSA) is 112 Å². The van der Waals surface area contributed by atoms with Gasteiger partial charge in [0.25, 0.3) is 0 Å². The highest BCUT2D eigenvalue weighted by Crippen LogP contribution is 2.34. The van der Waals surface area contributed by atoms with Gasteiger partial charge in [0, 0.05) is 29.8 Å². The van der Waals surface area contributed by atoms with Gasteiger partial charge in [-0.05, 0) is 45.4 Å². The number of likely N-dealkylation sites (tertiary alicyclic amines) is 1. The summed E-state index contributed by atoms with van der Waals surface area (Å²) in [7, 11) is 1.64. The van der Waals surface area contributed by atoms with Crippen LogP contribution in [0.4, 0.5) is 11.6 Å². The molecule has 1 atom stereocenters. The van der Waals surface area contributed by atoms with Gasteiger partial charge in [-0.1, -0.05) is 0 Å². The third-order valence-corrected chi connectivity index (χ3v) is 5.59.